The van der Waals surface area contributed by atoms with E-state index in [0.717, 1.165) is 18.4 Å². The molecule has 35 heavy (non-hydrogen) atoms. The molecule has 1 N–H and O–H groups in total. The predicted molar refractivity (Wildman–Crippen MR) is 129 cm³/mol. The maximum absolute atomic E-state index is 13.1. The minimum atomic E-state index is -0.435. The minimum Gasteiger partial charge on any atom is -0.427 e. The van der Waals surface area contributed by atoms with E-state index in [1.165, 1.54) is 6.92 Å². The van der Waals surface area contributed by atoms with Gasteiger partial charge in [0.05, 0.1) is 5.92 Å². The Morgan fingerprint density at radius 3 is 2.49 bits per heavy atom. The molecule has 1 atom stereocenters. The van der Waals surface area contributed by atoms with Crippen molar-refractivity contribution in [2.45, 2.75) is 32.7 Å². The molecule has 2 heterocycles. The number of nitrogens with one attached hydrogen (secondary N) is 1. The fraction of sp³-hybridized carbons (Fsp3) is 0.407. The molecule has 8 nitrogen and oxygen atoms in total. The molecule has 2 saturated heterocycles. The first-order chi connectivity index (χ1) is 16.9. The summed E-state index contributed by atoms with van der Waals surface area (Å²) in [7, 11) is 0. The zero-order chi connectivity index (χ0) is 24.8. The topological polar surface area (TPSA) is 96.0 Å². The van der Waals surface area contributed by atoms with E-state index in [4.69, 9.17) is 4.74 Å². The SMILES string of the molecule is CC(=O)Oc1cccc(C(=O)NCC2CCN(C(=O)C3CC(=O)N(Cc4ccccc4)C3)CC2)c1. The van der Waals surface area contributed by atoms with Crippen molar-refractivity contribution in [1.29, 1.82) is 0 Å². The Morgan fingerprint density at radius 2 is 1.77 bits per heavy atom. The van der Waals surface area contributed by atoms with Crippen LogP contribution in [0.25, 0.3) is 0 Å². The van der Waals surface area contributed by atoms with Crippen molar-refractivity contribution in [2.75, 3.05) is 26.2 Å². The normalized spacial score (nSPS) is 18.4. The van der Waals surface area contributed by atoms with Crippen LogP contribution < -0.4 is 10.1 Å². The highest BCUT2D eigenvalue weighted by Gasteiger charge is 2.37. The molecule has 2 aromatic rings. The van der Waals surface area contributed by atoms with Crippen molar-refractivity contribution in [3.8, 4) is 5.75 Å². The Morgan fingerprint density at radius 1 is 1.03 bits per heavy atom. The number of nitrogens with zero attached hydrogens (tertiary/aromatic N) is 2. The third kappa shape index (κ3) is 6.47. The number of ether oxygens (including phenoxy) is 1. The van der Waals surface area contributed by atoms with E-state index in [-0.39, 0.29) is 36.0 Å². The number of benzene rings is 2. The van der Waals surface area contributed by atoms with Crippen molar-refractivity contribution in [3.05, 3.63) is 65.7 Å². The maximum Gasteiger partial charge on any atom is 0.308 e. The Hall–Kier alpha value is -3.68. The molecule has 4 rings (SSSR count). The lowest BCUT2D eigenvalue weighted by atomic mass is 9.95. The smallest absolute Gasteiger partial charge is 0.308 e. The van der Waals surface area contributed by atoms with Gasteiger partial charge in [0.15, 0.2) is 0 Å². The standard InChI is InChI=1S/C27H31N3O5/c1-19(31)35-24-9-5-8-22(14-24)26(33)28-16-20-10-12-29(13-11-20)27(34)23-15-25(32)30(18-23)17-21-6-3-2-4-7-21/h2-9,14,20,23H,10-13,15-18H2,1H3,(H,28,33). The molecular weight excluding hydrogens is 446 g/mol. The maximum atomic E-state index is 13.1. The van der Waals surface area contributed by atoms with E-state index in [0.29, 0.717) is 44.0 Å². The van der Waals surface area contributed by atoms with Gasteiger partial charge in [0, 0.05) is 51.6 Å². The molecule has 2 aromatic carbocycles. The quantitative estimate of drug-likeness (QED) is 0.489. The van der Waals surface area contributed by atoms with E-state index in [9.17, 15) is 19.2 Å². The molecule has 8 heteroatoms. The Kier molecular flexibility index (Phi) is 7.80. The average molecular weight is 478 g/mol. The van der Waals surface area contributed by atoms with Crippen LogP contribution in [0.1, 0.15) is 42.1 Å². The van der Waals surface area contributed by atoms with Crippen LogP contribution in [0.2, 0.25) is 0 Å². The minimum absolute atomic E-state index is 0.0302. The van der Waals surface area contributed by atoms with Gasteiger partial charge in [-0.1, -0.05) is 36.4 Å². The van der Waals surface area contributed by atoms with Gasteiger partial charge < -0.3 is 19.9 Å². The van der Waals surface area contributed by atoms with Crippen LogP contribution in [0.3, 0.4) is 0 Å². The number of amides is 3. The van der Waals surface area contributed by atoms with Crippen LogP contribution in [0.15, 0.2) is 54.6 Å². The summed E-state index contributed by atoms with van der Waals surface area (Å²) in [5.41, 5.74) is 1.50. The van der Waals surface area contributed by atoms with Crippen molar-refractivity contribution in [1.82, 2.24) is 15.1 Å². The van der Waals surface area contributed by atoms with Gasteiger partial charge in [-0.25, -0.2) is 0 Å². The van der Waals surface area contributed by atoms with Crippen LogP contribution in [-0.2, 0) is 20.9 Å². The number of carbonyl (C=O) groups is 4. The van der Waals surface area contributed by atoms with Crippen LogP contribution in [-0.4, -0.2) is 59.7 Å². The van der Waals surface area contributed by atoms with Gasteiger partial charge in [0.25, 0.3) is 5.91 Å². The van der Waals surface area contributed by atoms with Crippen molar-refractivity contribution in [2.24, 2.45) is 11.8 Å². The van der Waals surface area contributed by atoms with E-state index >= 15 is 0 Å². The molecular formula is C27H31N3O5. The molecule has 3 amide bonds. The highest BCUT2D eigenvalue weighted by Crippen LogP contribution is 2.25. The Balaban J connectivity index is 1.21. The molecule has 0 bridgehead atoms. The molecule has 184 valence electrons. The molecule has 0 saturated carbocycles. The number of likely N-dealkylation sites (tertiary alicyclic amines) is 2. The van der Waals surface area contributed by atoms with Gasteiger partial charge in [-0.05, 0) is 42.5 Å². The van der Waals surface area contributed by atoms with Crippen LogP contribution >= 0.6 is 0 Å². The monoisotopic (exact) mass is 477 g/mol. The largest absolute Gasteiger partial charge is 0.427 e. The van der Waals surface area contributed by atoms with Crippen LogP contribution in [0, 0.1) is 11.8 Å². The van der Waals surface area contributed by atoms with Gasteiger partial charge in [-0.15, -0.1) is 0 Å². The zero-order valence-corrected chi connectivity index (χ0v) is 19.9. The van der Waals surface area contributed by atoms with E-state index < -0.39 is 5.97 Å². The summed E-state index contributed by atoms with van der Waals surface area (Å²) in [6.07, 6.45) is 1.87. The summed E-state index contributed by atoms with van der Waals surface area (Å²) in [5, 5.41) is 2.95. The van der Waals surface area contributed by atoms with Gasteiger partial charge in [-0.3, -0.25) is 19.2 Å². The number of piperidine rings is 1. The number of carbonyl (C=O) groups excluding carboxylic acids is 4. The first-order valence-electron chi connectivity index (χ1n) is 12.1. The summed E-state index contributed by atoms with van der Waals surface area (Å²) in [6, 6.07) is 16.3. The first-order valence-corrected chi connectivity index (χ1v) is 12.1. The van der Waals surface area contributed by atoms with Crippen molar-refractivity contribution >= 4 is 23.7 Å². The molecule has 0 aromatic heterocycles. The van der Waals surface area contributed by atoms with Crippen LogP contribution in [0.5, 0.6) is 5.75 Å². The third-order valence-corrected chi connectivity index (χ3v) is 6.62. The van der Waals surface area contributed by atoms with E-state index in [1.807, 2.05) is 35.2 Å². The summed E-state index contributed by atoms with van der Waals surface area (Å²) in [6.45, 7) is 4.10. The average Bonchev–Trinajstić information content (AvgIpc) is 3.22. The number of rotatable bonds is 7. The fourth-order valence-electron chi connectivity index (χ4n) is 4.72. The van der Waals surface area contributed by atoms with Gasteiger partial charge in [-0.2, -0.15) is 0 Å². The van der Waals surface area contributed by atoms with Gasteiger partial charge >= 0.3 is 5.97 Å². The third-order valence-electron chi connectivity index (χ3n) is 6.62. The fourth-order valence-corrected chi connectivity index (χ4v) is 4.72. The lowest BCUT2D eigenvalue weighted by Crippen LogP contribution is -2.44. The highest BCUT2D eigenvalue weighted by atomic mass is 16.5. The van der Waals surface area contributed by atoms with Crippen LogP contribution in [0.4, 0.5) is 0 Å². The lowest BCUT2D eigenvalue weighted by Gasteiger charge is -2.33. The molecule has 0 aliphatic carbocycles. The van der Waals surface area contributed by atoms with E-state index in [2.05, 4.69) is 5.32 Å². The molecule has 0 spiro atoms. The molecule has 2 fully saturated rings. The number of esters is 1. The summed E-state index contributed by atoms with van der Waals surface area (Å²) in [4.78, 5) is 52.8. The Bertz CT molecular complexity index is 1080. The van der Waals surface area contributed by atoms with Gasteiger partial charge in [0.2, 0.25) is 11.8 Å². The molecule has 2 aliphatic heterocycles. The predicted octanol–water partition coefficient (Wildman–Crippen LogP) is 2.63. The lowest BCUT2D eigenvalue weighted by molar-refractivity contribution is -0.137. The highest BCUT2D eigenvalue weighted by molar-refractivity contribution is 5.94. The van der Waals surface area contributed by atoms with E-state index in [1.54, 1.807) is 29.2 Å². The molecule has 1 unspecified atom stereocenters. The second kappa shape index (κ2) is 11.2. The molecule has 0 radical (unpaired) electrons. The first kappa shape index (κ1) is 24.4. The number of hydrogen-bond donors (Lipinski definition) is 1. The second-order valence-corrected chi connectivity index (χ2v) is 9.26. The van der Waals surface area contributed by atoms with Gasteiger partial charge in [0.1, 0.15) is 5.75 Å². The zero-order valence-electron chi connectivity index (χ0n) is 19.9. The Labute approximate surface area is 205 Å². The molecule has 2 aliphatic rings. The van der Waals surface area contributed by atoms with Crippen molar-refractivity contribution < 1.29 is 23.9 Å². The summed E-state index contributed by atoms with van der Waals surface area (Å²) < 4.78 is 5.04. The second-order valence-electron chi connectivity index (χ2n) is 9.26. The van der Waals surface area contributed by atoms with Crippen molar-refractivity contribution in [3.63, 3.8) is 0 Å². The summed E-state index contributed by atoms with van der Waals surface area (Å²) in [5.74, 6) is -0.243. The number of hydrogen-bond acceptors (Lipinski definition) is 5. The summed E-state index contributed by atoms with van der Waals surface area (Å²) >= 11 is 0.